The molecule has 1 aromatic heterocycles. The standard InChI is InChI=1S/C22H22F3N3O3/c23-22(24,25)31-19-10-8-18(9-11-19)28-15-26-21(27-28)17-6-4-16(5-7-17)12-14-30-20-3-1-2-13-29-20/h4-11,15,20H,1-3,12-14H2. The van der Waals surface area contributed by atoms with Gasteiger partial charge in [-0.15, -0.1) is 18.3 Å². The van der Waals surface area contributed by atoms with Crippen molar-refractivity contribution in [3.63, 3.8) is 0 Å². The van der Waals surface area contributed by atoms with E-state index in [2.05, 4.69) is 14.8 Å². The van der Waals surface area contributed by atoms with Crippen LogP contribution in [-0.4, -0.2) is 40.6 Å². The Morgan fingerprint density at radius 2 is 1.81 bits per heavy atom. The van der Waals surface area contributed by atoms with E-state index in [1.807, 2.05) is 24.3 Å². The number of nitrogens with zero attached hydrogens (tertiary/aromatic N) is 3. The van der Waals surface area contributed by atoms with Crippen molar-refractivity contribution in [1.82, 2.24) is 14.8 Å². The molecule has 0 aliphatic carbocycles. The quantitative estimate of drug-likeness (QED) is 0.530. The molecule has 0 saturated carbocycles. The highest BCUT2D eigenvalue weighted by atomic mass is 19.4. The minimum absolute atomic E-state index is 0.0877. The van der Waals surface area contributed by atoms with Crippen molar-refractivity contribution in [2.75, 3.05) is 13.2 Å². The van der Waals surface area contributed by atoms with Crippen molar-refractivity contribution < 1.29 is 27.4 Å². The molecule has 0 N–H and O–H groups in total. The number of rotatable bonds is 7. The van der Waals surface area contributed by atoms with Gasteiger partial charge in [0.05, 0.1) is 12.3 Å². The molecule has 1 fully saturated rings. The molecule has 31 heavy (non-hydrogen) atoms. The summed E-state index contributed by atoms with van der Waals surface area (Å²) in [4.78, 5) is 4.30. The van der Waals surface area contributed by atoms with Gasteiger partial charge in [-0.25, -0.2) is 9.67 Å². The second-order valence-corrected chi connectivity index (χ2v) is 7.17. The molecule has 164 valence electrons. The van der Waals surface area contributed by atoms with Gasteiger partial charge < -0.3 is 14.2 Å². The van der Waals surface area contributed by atoms with Crippen LogP contribution in [0.5, 0.6) is 5.75 Å². The molecule has 0 amide bonds. The molecule has 1 unspecified atom stereocenters. The first-order valence-corrected chi connectivity index (χ1v) is 10.1. The van der Waals surface area contributed by atoms with Crippen molar-refractivity contribution in [2.24, 2.45) is 0 Å². The fourth-order valence-corrected chi connectivity index (χ4v) is 3.29. The Hall–Kier alpha value is -2.91. The van der Waals surface area contributed by atoms with Gasteiger partial charge in [0.25, 0.3) is 0 Å². The number of aromatic nitrogens is 3. The van der Waals surface area contributed by atoms with Crippen LogP contribution in [0.15, 0.2) is 54.9 Å². The molecule has 0 radical (unpaired) electrons. The van der Waals surface area contributed by atoms with E-state index >= 15 is 0 Å². The first-order chi connectivity index (χ1) is 15.0. The zero-order valence-electron chi connectivity index (χ0n) is 16.7. The van der Waals surface area contributed by atoms with Gasteiger partial charge in [-0.3, -0.25) is 0 Å². The molecule has 9 heteroatoms. The third-order valence-corrected chi connectivity index (χ3v) is 4.87. The maximum absolute atomic E-state index is 12.3. The van der Waals surface area contributed by atoms with E-state index in [0.717, 1.165) is 43.4 Å². The molecule has 2 heterocycles. The maximum Gasteiger partial charge on any atom is 0.573 e. The smallest absolute Gasteiger partial charge is 0.406 e. The van der Waals surface area contributed by atoms with Crippen LogP contribution in [0.3, 0.4) is 0 Å². The largest absolute Gasteiger partial charge is 0.573 e. The fraction of sp³-hybridized carbons (Fsp3) is 0.364. The second kappa shape index (κ2) is 9.49. The van der Waals surface area contributed by atoms with E-state index in [1.54, 1.807) is 0 Å². The number of hydrogen-bond acceptors (Lipinski definition) is 5. The molecule has 6 nitrogen and oxygen atoms in total. The van der Waals surface area contributed by atoms with Crippen molar-refractivity contribution >= 4 is 0 Å². The average molecular weight is 433 g/mol. The summed E-state index contributed by atoms with van der Waals surface area (Å²) in [6.45, 7) is 1.37. The number of alkyl halides is 3. The zero-order valence-corrected chi connectivity index (χ0v) is 16.7. The lowest BCUT2D eigenvalue weighted by molar-refractivity contribution is -0.274. The van der Waals surface area contributed by atoms with E-state index in [4.69, 9.17) is 9.47 Å². The first kappa shape index (κ1) is 21.3. The second-order valence-electron chi connectivity index (χ2n) is 7.17. The molecule has 0 bridgehead atoms. The zero-order chi connectivity index (χ0) is 21.7. The molecule has 3 aromatic rings. The summed E-state index contributed by atoms with van der Waals surface area (Å²) in [5.74, 6) is 0.236. The van der Waals surface area contributed by atoms with Crippen molar-refractivity contribution in [2.45, 2.75) is 38.3 Å². The Bertz CT molecular complexity index is 966. The fourth-order valence-electron chi connectivity index (χ4n) is 3.29. The predicted octanol–water partition coefficient (Wildman–Crippen LogP) is 4.92. The predicted molar refractivity (Wildman–Crippen MR) is 107 cm³/mol. The highest BCUT2D eigenvalue weighted by Gasteiger charge is 2.31. The highest BCUT2D eigenvalue weighted by Crippen LogP contribution is 2.24. The third kappa shape index (κ3) is 6.05. The highest BCUT2D eigenvalue weighted by molar-refractivity contribution is 5.55. The van der Waals surface area contributed by atoms with E-state index < -0.39 is 6.36 Å². The molecule has 1 atom stereocenters. The first-order valence-electron chi connectivity index (χ1n) is 10.1. The third-order valence-electron chi connectivity index (χ3n) is 4.87. The molecular formula is C22H22F3N3O3. The van der Waals surface area contributed by atoms with Crippen LogP contribution >= 0.6 is 0 Å². The van der Waals surface area contributed by atoms with Crippen molar-refractivity contribution in [1.29, 1.82) is 0 Å². The Labute approximate surface area is 177 Å². The van der Waals surface area contributed by atoms with Gasteiger partial charge in [-0.1, -0.05) is 24.3 Å². The average Bonchev–Trinajstić information content (AvgIpc) is 3.25. The number of benzene rings is 2. The minimum atomic E-state index is -4.72. The summed E-state index contributed by atoms with van der Waals surface area (Å²) < 4.78 is 53.5. The summed E-state index contributed by atoms with van der Waals surface area (Å²) in [7, 11) is 0. The van der Waals surface area contributed by atoms with Gasteiger partial charge >= 0.3 is 6.36 Å². The van der Waals surface area contributed by atoms with Crippen molar-refractivity contribution in [3.05, 3.63) is 60.4 Å². The van der Waals surface area contributed by atoms with Gasteiger partial charge in [0, 0.05) is 12.2 Å². The molecule has 1 aliphatic heterocycles. The Morgan fingerprint density at radius 1 is 1.03 bits per heavy atom. The summed E-state index contributed by atoms with van der Waals surface area (Å²) in [6, 6.07) is 13.3. The lowest BCUT2D eigenvalue weighted by Crippen LogP contribution is -2.23. The van der Waals surface area contributed by atoms with E-state index in [1.165, 1.54) is 35.3 Å². The molecule has 1 aliphatic rings. The normalized spacial score (nSPS) is 16.9. The van der Waals surface area contributed by atoms with Crippen LogP contribution in [0.2, 0.25) is 0 Å². The molecule has 4 rings (SSSR count). The van der Waals surface area contributed by atoms with Crippen LogP contribution in [0.4, 0.5) is 13.2 Å². The SMILES string of the molecule is FC(F)(F)Oc1ccc(-n2cnc(-c3ccc(CCOC4CCCCO4)cc3)n2)cc1. The monoisotopic (exact) mass is 433 g/mol. The van der Waals surface area contributed by atoms with E-state index in [-0.39, 0.29) is 12.0 Å². The van der Waals surface area contributed by atoms with Crippen LogP contribution < -0.4 is 4.74 Å². The Morgan fingerprint density at radius 3 is 2.48 bits per heavy atom. The van der Waals surface area contributed by atoms with Crippen LogP contribution in [0, 0.1) is 0 Å². The maximum atomic E-state index is 12.3. The van der Waals surface area contributed by atoms with E-state index in [9.17, 15) is 13.2 Å². The minimum Gasteiger partial charge on any atom is -0.406 e. The summed E-state index contributed by atoms with van der Waals surface area (Å²) >= 11 is 0. The van der Waals surface area contributed by atoms with Crippen molar-refractivity contribution in [3.8, 4) is 22.8 Å². The van der Waals surface area contributed by atoms with E-state index in [0.29, 0.717) is 18.1 Å². The van der Waals surface area contributed by atoms with Gasteiger partial charge in [-0.2, -0.15) is 0 Å². The lowest BCUT2D eigenvalue weighted by atomic mass is 10.1. The molecular weight excluding hydrogens is 411 g/mol. The van der Waals surface area contributed by atoms with Crippen LogP contribution in [0.1, 0.15) is 24.8 Å². The lowest BCUT2D eigenvalue weighted by Gasteiger charge is -2.22. The van der Waals surface area contributed by atoms with Crippen LogP contribution in [0.25, 0.3) is 17.1 Å². The summed E-state index contributed by atoms with van der Waals surface area (Å²) in [5.41, 5.74) is 2.56. The molecule has 2 aromatic carbocycles. The number of hydrogen-bond donors (Lipinski definition) is 0. The Kier molecular flexibility index (Phi) is 6.53. The number of halogens is 3. The Balaban J connectivity index is 1.34. The summed E-state index contributed by atoms with van der Waals surface area (Å²) in [5, 5.41) is 4.41. The topological polar surface area (TPSA) is 58.4 Å². The van der Waals surface area contributed by atoms with Gasteiger partial charge in [0.15, 0.2) is 12.1 Å². The molecule has 1 saturated heterocycles. The van der Waals surface area contributed by atoms with Crippen LogP contribution in [-0.2, 0) is 15.9 Å². The molecule has 0 spiro atoms. The van der Waals surface area contributed by atoms with Gasteiger partial charge in [0.2, 0.25) is 0 Å². The summed E-state index contributed by atoms with van der Waals surface area (Å²) in [6.07, 6.45) is 0.688. The number of ether oxygens (including phenoxy) is 3. The van der Waals surface area contributed by atoms with Gasteiger partial charge in [0.1, 0.15) is 12.1 Å². The van der Waals surface area contributed by atoms with Gasteiger partial charge in [-0.05, 0) is 55.5 Å².